The molecule has 200 valence electrons. The van der Waals surface area contributed by atoms with Crippen molar-refractivity contribution in [3.8, 4) is 17.6 Å². The first kappa shape index (κ1) is 26.1. The number of hydrogen-bond acceptors (Lipinski definition) is 7. The predicted molar refractivity (Wildman–Crippen MR) is 151 cm³/mol. The zero-order chi connectivity index (χ0) is 27.2. The molecule has 1 fully saturated rings. The van der Waals surface area contributed by atoms with Gasteiger partial charge in [0, 0.05) is 17.8 Å². The van der Waals surface area contributed by atoms with Crippen molar-refractivity contribution in [2.24, 2.45) is 0 Å². The van der Waals surface area contributed by atoms with Crippen LogP contribution in [-0.2, 0) is 4.74 Å². The van der Waals surface area contributed by atoms with Crippen LogP contribution in [-0.4, -0.2) is 46.3 Å². The van der Waals surface area contributed by atoms with E-state index in [9.17, 15) is 10.1 Å². The fourth-order valence-corrected chi connectivity index (χ4v) is 4.87. The van der Waals surface area contributed by atoms with Gasteiger partial charge in [-0.1, -0.05) is 24.6 Å². The Bertz CT molecular complexity index is 1470. The summed E-state index contributed by atoms with van der Waals surface area (Å²) in [6.07, 6.45) is 6.14. The fraction of sp³-hybridized carbons (Fsp3) is 0.300. The van der Waals surface area contributed by atoms with Crippen LogP contribution in [0.3, 0.4) is 0 Å². The molecule has 1 atom stereocenters. The highest BCUT2D eigenvalue weighted by Crippen LogP contribution is 2.33. The maximum atomic E-state index is 12.7. The second-order valence-corrected chi connectivity index (χ2v) is 9.77. The van der Waals surface area contributed by atoms with Gasteiger partial charge in [-0.15, -0.1) is 0 Å². The number of rotatable bonds is 8. The van der Waals surface area contributed by atoms with Gasteiger partial charge < -0.3 is 14.8 Å². The maximum absolute atomic E-state index is 12.7. The van der Waals surface area contributed by atoms with Crippen molar-refractivity contribution >= 4 is 28.7 Å². The molecule has 5 rings (SSSR count). The van der Waals surface area contributed by atoms with Gasteiger partial charge in [0.05, 0.1) is 34.8 Å². The Morgan fingerprint density at radius 1 is 1.08 bits per heavy atom. The summed E-state index contributed by atoms with van der Waals surface area (Å²) in [7, 11) is 0. The van der Waals surface area contributed by atoms with E-state index in [0.717, 1.165) is 36.6 Å². The normalized spacial score (nSPS) is 14.4. The van der Waals surface area contributed by atoms with Crippen LogP contribution in [0.4, 0.5) is 21.9 Å². The monoisotopic (exact) mass is 524 g/mol. The molecular formula is C30H32N6O3. The Labute approximate surface area is 228 Å². The molecule has 0 bridgehead atoms. The van der Waals surface area contributed by atoms with Gasteiger partial charge in [-0.25, -0.2) is 9.31 Å². The highest BCUT2D eigenvalue weighted by atomic mass is 16.6. The average molecular weight is 525 g/mol. The number of benzene rings is 2. The largest absolute Gasteiger partial charge is 0.457 e. The number of nitrogens with one attached hydrogen (secondary N) is 2. The maximum Gasteiger partial charge on any atom is 0.411 e. The number of fused-ring (bicyclic) bond motifs is 1. The van der Waals surface area contributed by atoms with Crippen molar-refractivity contribution in [2.45, 2.75) is 39.2 Å². The first-order valence-corrected chi connectivity index (χ1v) is 13.2. The van der Waals surface area contributed by atoms with E-state index < -0.39 is 6.09 Å². The number of ether oxygens (including phenoxy) is 2. The molecule has 4 aromatic rings. The molecule has 1 saturated heterocycles. The van der Waals surface area contributed by atoms with Gasteiger partial charge in [0.15, 0.2) is 0 Å². The number of anilines is 3. The lowest BCUT2D eigenvalue weighted by molar-refractivity contribution is 0.0833. The Kier molecular flexibility index (Phi) is 7.94. The van der Waals surface area contributed by atoms with Crippen LogP contribution in [0.1, 0.15) is 37.3 Å². The zero-order valence-corrected chi connectivity index (χ0v) is 22.2. The van der Waals surface area contributed by atoms with Crippen LogP contribution >= 0.6 is 0 Å². The molecular weight excluding hydrogens is 492 g/mol. The van der Waals surface area contributed by atoms with Gasteiger partial charge in [-0.3, -0.25) is 10.2 Å². The molecule has 9 nitrogen and oxygen atoms in total. The zero-order valence-electron chi connectivity index (χ0n) is 22.2. The van der Waals surface area contributed by atoms with E-state index in [1.165, 1.54) is 25.5 Å². The Balaban J connectivity index is 1.31. The van der Waals surface area contributed by atoms with E-state index in [4.69, 9.17) is 9.47 Å². The SMILES string of the molecule is Cc1c(NC(=O)OC(C)CN2CCCCC2)cn2ncc(C#N)c(Nc3ccc(Oc4ccccc4)cc3)c12. The summed E-state index contributed by atoms with van der Waals surface area (Å²) in [5, 5.41) is 20.4. The van der Waals surface area contributed by atoms with Gasteiger partial charge >= 0.3 is 6.09 Å². The molecule has 1 amide bonds. The van der Waals surface area contributed by atoms with Gasteiger partial charge in [-0.2, -0.15) is 10.4 Å². The molecule has 0 aliphatic carbocycles. The van der Waals surface area contributed by atoms with E-state index in [-0.39, 0.29) is 6.10 Å². The molecule has 9 heteroatoms. The number of nitrogens with zero attached hydrogens (tertiary/aromatic N) is 4. The predicted octanol–water partition coefficient (Wildman–Crippen LogP) is 6.47. The number of amides is 1. The summed E-state index contributed by atoms with van der Waals surface area (Å²) in [4.78, 5) is 15.0. The van der Waals surface area contributed by atoms with Crippen LogP contribution in [0.2, 0.25) is 0 Å². The number of piperidine rings is 1. The molecule has 2 aromatic carbocycles. The molecule has 3 heterocycles. The number of likely N-dealkylation sites (tertiary alicyclic amines) is 1. The quantitative estimate of drug-likeness (QED) is 0.272. The molecule has 0 radical (unpaired) electrons. The number of aryl methyl sites for hydroxylation is 1. The molecule has 1 aliphatic rings. The summed E-state index contributed by atoms with van der Waals surface area (Å²) in [6, 6.07) is 19.3. The summed E-state index contributed by atoms with van der Waals surface area (Å²) >= 11 is 0. The van der Waals surface area contributed by atoms with E-state index in [1.54, 1.807) is 10.7 Å². The van der Waals surface area contributed by atoms with E-state index in [2.05, 4.69) is 26.7 Å². The second kappa shape index (κ2) is 11.9. The minimum Gasteiger partial charge on any atom is -0.457 e. The van der Waals surface area contributed by atoms with Crippen LogP contribution < -0.4 is 15.4 Å². The van der Waals surface area contributed by atoms with E-state index in [1.807, 2.05) is 68.4 Å². The smallest absolute Gasteiger partial charge is 0.411 e. The average Bonchev–Trinajstić information content (AvgIpc) is 3.26. The van der Waals surface area contributed by atoms with Gasteiger partial charge in [0.25, 0.3) is 0 Å². The second-order valence-electron chi connectivity index (χ2n) is 9.77. The van der Waals surface area contributed by atoms with Crippen LogP contribution in [0.15, 0.2) is 67.0 Å². The summed E-state index contributed by atoms with van der Waals surface area (Å²) < 4.78 is 13.2. The molecule has 2 aromatic heterocycles. The van der Waals surface area contributed by atoms with Crippen molar-refractivity contribution in [1.82, 2.24) is 14.5 Å². The Hall–Kier alpha value is -4.55. The van der Waals surface area contributed by atoms with Gasteiger partial charge in [-0.05, 0) is 76.2 Å². The lowest BCUT2D eigenvalue weighted by Crippen LogP contribution is -2.37. The molecule has 1 aliphatic heterocycles. The van der Waals surface area contributed by atoms with Crippen molar-refractivity contribution in [2.75, 3.05) is 30.3 Å². The summed E-state index contributed by atoms with van der Waals surface area (Å²) in [6.45, 7) is 6.61. The summed E-state index contributed by atoms with van der Waals surface area (Å²) in [5.74, 6) is 1.45. The van der Waals surface area contributed by atoms with E-state index >= 15 is 0 Å². The molecule has 2 N–H and O–H groups in total. The van der Waals surface area contributed by atoms with E-state index in [0.29, 0.717) is 28.2 Å². The highest BCUT2D eigenvalue weighted by molar-refractivity contribution is 5.92. The van der Waals surface area contributed by atoms with Crippen molar-refractivity contribution in [3.63, 3.8) is 0 Å². The number of hydrogen-bond donors (Lipinski definition) is 2. The first-order valence-electron chi connectivity index (χ1n) is 13.2. The van der Waals surface area contributed by atoms with Crippen molar-refractivity contribution in [3.05, 3.63) is 78.1 Å². The molecule has 39 heavy (non-hydrogen) atoms. The molecule has 0 saturated carbocycles. The van der Waals surface area contributed by atoms with Crippen LogP contribution in [0, 0.1) is 18.3 Å². The summed E-state index contributed by atoms with van der Waals surface area (Å²) in [5.41, 5.74) is 3.80. The Morgan fingerprint density at radius 2 is 1.79 bits per heavy atom. The first-order chi connectivity index (χ1) is 19.0. The molecule has 0 spiro atoms. The highest BCUT2D eigenvalue weighted by Gasteiger charge is 2.20. The lowest BCUT2D eigenvalue weighted by Gasteiger charge is -2.28. The number of carbonyl (C=O) groups is 1. The van der Waals surface area contributed by atoms with Crippen molar-refractivity contribution in [1.29, 1.82) is 5.26 Å². The topological polar surface area (TPSA) is 104 Å². The van der Waals surface area contributed by atoms with Crippen molar-refractivity contribution < 1.29 is 14.3 Å². The van der Waals surface area contributed by atoms with Crippen LogP contribution in [0.25, 0.3) is 5.52 Å². The number of aromatic nitrogens is 2. The van der Waals surface area contributed by atoms with Gasteiger partial charge in [0.1, 0.15) is 23.7 Å². The third kappa shape index (κ3) is 6.30. The number of carbonyl (C=O) groups excluding carboxylic acids is 1. The fourth-order valence-electron chi connectivity index (χ4n) is 4.87. The Morgan fingerprint density at radius 3 is 2.51 bits per heavy atom. The minimum absolute atomic E-state index is 0.227. The number of nitriles is 1. The molecule has 1 unspecified atom stereocenters. The third-order valence-corrected chi connectivity index (χ3v) is 6.79. The number of para-hydroxylation sites is 1. The van der Waals surface area contributed by atoms with Crippen LogP contribution in [0.5, 0.6) is 11.5 Å². The minimum atomic E-state index is -0.512. The van der Waals surface area contributed by atoms with Gasteiger partial charge in [0.2, 0.25) is 0 Å². The third-order valence-electron chi connectivity index (χ3n) is 6.79. The standard InChI is InChI=1S/C30H32N6O3/c1-21(19-35-15-7-4-8-16-35)38-30(37)34-27-20-36-29(22(27)2)28(23(17-31)18-32-36)33-24-11-13-26(14-12-24)39-25-9-5-3-6-10-25/h3,5-6,9-14,18,20-21,33H,4,7-8,15-16,19H2,1-2H3,(H,34,37). The lowest BCUT2D eigenvalue weighted by atomic mass is 10.1.